The van der Waals surface area contributed by atoms with Crippen LogP contribution in [0.4, 0.5) is 5.69 Å². The Hall–Kier alpha value is -2.49. The normalized spacial score (nSPS) is 17.8. The molecule has 0 bridgehead atoms. The standard InChI is InChI=1S/C24H30N2O2/c1-18-16-20-9-3-5-12-22(20)26(18)15-7-14-25-24(27)17-28-23-13-6-10-19-8-2-4-11-21(19)23/h3,5-6,9-10,12-13,18H,2,4,7-8,11,14-17H2,1H3,(H,25,27)/t18-/m1/s1. The first-order valence-corrected chi connectivity index (χ1v) is 10.6. The number of rotatable bonds is 7. The molecule has 1 atom stereocenters. The van der Waals surface area contributed by atoms with E-state index in [-0.39, 0.29) is 12.5 Å². The summed E-state index contributed by atoms with van der Waals surface area (Å²) in [4.78, 5) is 14.6. The lowest BCUT2D eigenvalue weighted by molar-refractivity contribution is -0.123. The molecule has 0 fully saturated rings. The fourth-order valence-corrected chi connectivity index (χ4v) is 4.52. The molecule has 0 aromatic heterocycles. The number of benzene rings is 2. The topological polar surface area (TPSA) is 41.6 Å². The van der Waals surface area contributed by atoms with E-state index in [9.17, 15) is 4.79 Å². The number of fused-ring (bicyclic) bond motifs is 2. The monoisotopic (exact) mass is 378 g/mol. The number of hydrogen-bond donors (Lipinski definition) is 1. The average molecular weight is 379 g/mol. The van der Waals surface area contributed by atoms with Gasteiger partial charge in [-0.3, -0.25) is 4.79 Å². The van der Waals surface area contributed by atoms with Crippen molar-refractivity contribution in [1.29, 1.82) is 0 Å². The fourth-order valence-electron chi connectivity index (χ4n) is 4.52. The van der Waals surface area contributed by atoms with Crippen LogP contribution in [-0.4, -0.2) is 31.6 Å². The molecule has 4 rings (SSSR count). The maximum Gasteiger partial charge on any atom is 0.257 e. The van der Waals surface area contributed by atoms with Crippen molar-refractivity contribution in [3.8, 4) is 5.75 Å². The van der Waals surface area contributed by atoms with Crippen LogP contribution < -0.4 is 15.0 Å². The Morgan fingerprint density at radius 1 is 1.11 bits per heavy atom. The highest BCUT2D eigenvalue weighted by Gasteiger charge is 2.24. The molecule has 0 radical (unpaired) electrons. The molecule has 1 aliphatic carbocycles. The van der Waals surface area contributed by atoms with E-state index in [1.807, 2.05) is 12.1 Å². The highest BCUT2D eigenvalue weighted by molar-refractivity contribution is 5.77. The van der Waals surface area contributed by atoms with Crippen molar-refractivity contribution < 1.29 is 9.53 Å². The van der Waals surface area contributed by atoms with Crippen LogP contribution in [0.1, 0.15) is 42.9 Å². The van der Waals surface area contributed by atoms with Crippen LogP contribution in [0.2, 0.25) is 0 Å². The van der Waals surface area contributed by atoms with E-state index in [0.29, 0.717) is 12.6 Å². The van der Waals surface area contributed by atoms with Gasteiger partial charge in [-0.05, 0) is 74.3 Å². The smallest absolute Gasteiger partial charge is 0.257 e. The summed E-state index contributed by atoms with van der Waals surface area (Å²) in [7, 11) is 0. The number of nitrogens with one attached hydrogen (secondary N) is 1. The van der Waals surface area contributed by atoms with Crippen LogP contribution >= 0.6 is 0 Å². The van der Waals surface area contributed by atoms with Crippen molar-refractivity contribution >= 4 is 11.6 Å². The number of carbonyl (C=O) groups excluding carboxylic acids is 1. The van der Waals surface area contributed by atoms with E-state index >= 15 is 0 Å². The molecule has 1 aliphatic heterocycles. The van der Waals surface area contributed by atoms with Crippen molar-refractivity contribution in [3.63, 3.8) is 0 Å². The minimum Gasteiger partial charge on any atom is -0.483 e. The quantitative estimate of drug-likeness (QED) is 0.743. The molecule has 0 saturated carbocycles. The number of amides is 1. The Morgan fingerprint density at radius 2 is 1.93 bits per heavy atom. The Bertz CT molecular complexity index is 833. The van der Waals surface area contributed by atoms with Gasteiger partial charge in [0.05, 0.1) is 0 Å². The first-order chi connectivity index (χ1) is 13.7. The molecular weight excluding hydrogens is 348 g/mol. The SMILES string of the molecule is C[C@@H]1Cc2ccccc2N1CCCNC(=O)COc1cccc2c1CCCC2. The molecule has 2 aromatic rings. The largest absolute Gasteiger partial charge is 0.483 e. The zero-order valence-corrected chi connectivity index (χ0v) is 16.7. The van der Waals surface area contributed by atoms with E-state index in [2.05, 4.69) is 47.5 Å². The number of hydrogen-bond acceptors (Lipinski definition) is 3. The molecule has 148 valence electrons. The third-order valence-corrected chi connectivity index (χ3v) is 5.96. The maximum absolute atomic E-state index is 12.2. The summed E-state index contributed by atoms with van der Waals surface area (Å²) >= 11 is 0. The van der Waals surface area contributed by atoms with Gasteiger partial charge in [-0.25, -0.2) is 0 Å². The van der Waals surface area contributed by atoms with E-state index in [1.54, 1.807) is 0 Å². The van der Waals surface area contributed by atoms with Crippen molar-refractivity contribution in [2.24, 2.45) is 0 Å². The van der Waals surface area contributed by atoms with Gasteiger partial charge in [0, 0.05) is 24.8 Å². The van der Waals surface area contributed by atoms with Crippen molar-refractivity contribution in [1.82, 2.24) is 5.32 Å². The molecule has 2 aromatic carbocycles. The number of carbonyl (C=O) groups is 1. The number of para-hydroxylation sites is 1. The number of ether oxygens (including phenoxy) is 1. The Balaban J connectivity index is 1.21. The molecule has 0 saturated heterocycles. The van der Waals surface area contributed by atoms with E-state index in [1.165, 1.54) is 35.2 Å². The van der Waals surface area contributed by atoms with Gasteiger partial charge in [-0.1, -0.05) is 30.3 Å². The third-order valence-electron chi connectivity index (χ3n) is 5.96. The van der Waals surface area contributed by atoms with Crippen LogP contribution in [0.15, 0.2) is 42.5 Å². The lowest BCUT2D eigenvalue weighted by atomic mass is 9.91. The second-order valence-corrected chi connectivity index (χ2v) is 7.97. The predicted octanol–water partition coefficient (Wildman–Crippen LogP) is 3.90. The minimum atomic E-state index is -0.0386. The summed E-state index contributed by atoms with van der Waals surface area (Å²) in [5.74, 6) is 0.845. The molecule has 4 nitrogen and oxygen atoms in total. The molecular formula is C24H30N2O2. The zero-order valence-electron chi connectivity index (χ0n) is 16.7. The minimum absolute atomic E-state index is 0.0386. The van der Waals surface area contributed by atoms with E-state index < -0.39 is 0 Å². The zero-order chi connectivity index (χ0) is 19.3. The average Bonchev–Trinajstić information content (AvgIpc) is 3.04. The van der Waals surface area contributed by atoms with Crippen LogP contribution in [0.5, 0.6) is 5.75 Å². The van der Waals surface area contributed by atoms with Crippen LogP contribution in [0.25, 0.3) is 0 Å². The van der Waals surface area contributed by atoms with Gasteiger partial charge < -0.3 is 15.0 Å². The van der Waals surface area contributed by atoms with Crippen molar-refractivity contribution in [2.45, 2.75) is 51.5 Å². The Morgan fingerprint density at radius 3 is 2.86 bits per heavy atom. The number of aryl methyl sites for hydroxylation is 1. The van der Waals surface area contributed by atoms with Gasteiger partial charge in [0.25, 0.3) is 5.91 Å². The van der Waals surface area contributed by atoms with Gasteiger partial charge >= 0.3 is 0 Å². The second kappa shape index (κ2) is 8.68. The summed E-state index contributed by atoms with van der Waals surface area (Å²) < 4.78 is 5.84. The molecule has 0 spiro atoms. The third kappa shape index (κ3) is 4.16. The van der Waals surface area contributed by atoms with Crippen LogP contribution in [0, 0.1) is 0 Å². The van der Waals surface area contributed by atoms with Gasteiger partial charge in [0.15, 0.2) is 6.61 Å². The summed E-state index contributed by atoms with van der Waals surface area (Å²) in [6, 6.07) is 15.4. The number of anilines is 1. The van der Waals surface area contributed by atoms with E-state index in [0.717, 1.165) is 38.0 Å². The Labute approximate surface area is 167 Å². The molecule has 28 heavy (non-hydrogen) atoms. The molecule has 0 unspecified atom stereocenters. The molecule has 2 aliphatic rings. The fraction of sp³-hybridized carbons (Fsp3) is 0.458. The van der Waals surface area contributed by atoms with E-state index in [4.69, 9.17) is 4.74 Å². The van der Waals surface area contributed by atoms with Crippen molar-refractivity contribution in [2.75, 3.05) is 24.6 Å². The first kappa shape index (κ1) is 18.9. The lowest BCUT2D eigenvalue weighted by Gasteiger charge is -2.25. The van der Waals surface area contributed by atoms with Gasteiger partial charge in [-0.2, -0.15) is 0 Å². The van der Waals surface area contributed by atoms with Gasteiger partial charge in [0.1, 0.15) is 5.75 Å². The van der Waals surface area contributed by atoms with Crippen molar-refractivity contribution in [3.05, 3.63) is 59.2 Å². The second-order valence-electron chi connectivity index (χ2n) is 7.97. The summed E-state index contributed by atoms with van der Waals surface area (Å²) in [5, 5.41) is 3.01. The first-order valence-electron chi connectivity index (χ1n) is 10.6. The predicted molar refractivity (Wildman–Crippen MR) is 113 cm³/mol. The maximum atomic E-state index is 12.2. The van der Waals surface area contributed by atoms with Gasteiger partial charge in [-0.15, -0.1) is 0 Å². The van der Waals surface area contributed by atoms with Crippen LogP contribution in [-0.2, 0) is 24.1 Å². The van der Waals surface area contributed by atoms with Crippen LogP contribution in [0.3, 0.4) is 0 Å². The molecule has 1 amide bonds. The molecule has 4 heteroatoms. The Kier molecular flexibility index (Phi) is 5.84. The summed E-state index contributed by atoms with van der Waals surface area (Å²) in [6.07, 6.45) is 6.68. The van der Waals surface area contributed by atoms with Gasteiger partial charge in [0.2, 0.25) is 0 Å². The lowest BCUT2D eigenvalue weighted by Crippen LogP contribution is -2.34. The summed E-state index contributed by atoms with van der Waals surface area (Å²) in [6.45, 7) is 4.01. The highest BCUT2D eigenvalue weighted by Crippen LogP contribution is 2.31. The number of nitrogens with zero attached hydrogens (tertiary/aromatic N) is 1. The molecule has 1 N–H and O–H groups in total. The summed E-state index contributed by atoms with van der Waals surface area (Å²) in [5.41, 5.74) is 5.45. The molecule has 1 heterocycles. The highest BCUT2D eigenvalue weighted by atomic mass is 16.5.